The topological polar surface area (TPSA) is 33.2 Å². The number of nitrogens with zero attached hydrogens (tertiary/aromatic N) is 2. The van der Waals surface area contributed by atoms with Crippen LogP contribution in [0.15, 0.2) is 54.6 Å². The molecule has 3 aromatic rings. The molecule has 2 aromatic carbocycles. The molecular formula is C23H24N2O. The van der Waals surface area contributed by atoms with Crippen molar-refractivity contribution in [3.63, 3.8) is 0 Å². The van der Waals surface area contributed by atoms with Gasteiger partial charge in [-0.05, 0) is 37.5 Å². The summed E-state index contributed by atoms with van der Waals surface area (Å²) in [6.07, 6.45) is 4.63. The molecule has 0 atom stereocenters. The normalized spacial score (nSPS) is 15.0. The van der Waals surface area contributed by atoms with Crippen molar-refractivity contribution in [3.05, 3.63) is 65.7 Å². The second kappa shape index (κ2) is 7.28. The molecule has 0 N–H and O–H groups in total. The van der Waals surface area contributed by atoms with Gasteiger partial charge >= 0.3 is 0 Å². The van der Waals surface area contributed by atoms with E-state index in [9.17, 15) is 4.79 Å². The number of benzene rings is 2. The van der Waals surface area contributed by atoms with Crippen LogP contribution in [0.25, 0.3) is 22.2 Å². The molecule has 2 heterocycles. The highest BCUT2D eigenvalue weighted by Gasteiger charge is 2.21. The van der Waals surface area contributed by atoms with Crippen LogP contribution in [0, 0.1) is 6.92 Å². The molecule has 3 nitrogen and oxygen atoms in total. The number of para-hydroxylation sites is 1. The predicted molar refractivity (Wildman–Crippen MR) is 106 cm³/mol. The molecule has 26 heavy (non-hydrogen) atoms. The van der Waals surface area contributed by atoms with Crippen LogP contribution in [-0.2, 0) is 0 Å². The van der Waals surface area contributed by atoms with Gasteiger partial charge in [0.1, 0.15) is 0 Å². The van der Waals surface area contributed by atoms with Gasteiger partial charge in [-0.15, -0.1) is 0 Å². The molecule has 1 saturated heterocycles. The van der Waals surface area contributed by atoms with Crippen LogP contribution in [0.3, 0.4) is 0 Å². The Morgan fingerprint density at radius 2 is 1.62 bits per heavy atom. The van der Waals surface area contributed by atoms with Gasteiger partial charge in [-0.25, -0.2) is 4.98 Å². The van der Waals surface area contributed by atoms with Gasteiger partial charge in [-0.3, -0.25) is 4.79 Å². The van der Waals surface area contributed by atoms with E-state index in [0.717, 1.165) is 53.7 Å². The number of aromatic nitrogens is 1. The summed E-state index contributed by atoms with van der Waals surface area (Å²) in [4.78, 5) is 20.2. The molecule has 0 aliphatic carbocycles. The summed E-state index contributed by atoms with van der Waals surface area (Å²) >= 11 is 0. The number of pyridine rings is 1. The molecule has 1 amide bonds. The summed E-state index contributed by atoms with van der Waals surface area (Å²) in [7, 11) is 0. The fourth-order valence-corrected chi connectivity index (χ4v) is 3.79. The van der Waals surface area contributed by atoms with Crippen LogP contribution >= 0.6 is 0 Å². The minimum atomic E-state index is 0.139. The van der Waals surface area contributed by atoms with E-state index < -0.39 is 0 Å². The van der Waals surface area contributed by atoms with Crippen LogP contribution in [0.2, 0.25) is 0 Å². The molecule has 0 spiro atoms. The fourth-order valence-electron chi connectivity index (χ4n) is 3.79. The SMILES string of the molecule is Cc1ccccc1-c1cc(C(=O)N2CCCCCC2)c2ccccc2n1. The zero-order chi connectivity index (χ0) is 17.9. The third-order valence-electron chi connectivity index (χ3n) is 5.26. The first-order chi connectivity index (χ1) is 12.7. The zero-order valence-corrected chi connectivity index (χ0v) is 15.2. The van der Waals surface area contributed by atoms with E-state index in [0.29, 0.717) is 0 Å². The molecule has 3 heteroatoms. The number of hydrogen-bond donors (Lipinski definition) is 0. The van der Waals surface area contributed by atoms with Crippen LogP contribution in [0.4, 0.5) is 0 Å². The van der Waals surface area contributed by atoms with E-state index in [2.05, 4.69) is 19.1 Å². The minimum absolute atomic E-state index is 0.139. The molecule has 0 unspecified atom stereocenters. The summed E-state index contributed by atoms with van der Waals surface area (Å²) in [5.74, 6) is 0.139. The Balaban J connectivity index is 1.85. The molecule has 1 aliphatic rings. The maximum atomic E-state index is 13.3. The lowest BCUT2D eigenvalue weighted by molar-refractivity contribution is 0.0763. The number of amides is 1. The molecule has 1 fully saturated rings. The van der Waals surface area contributed by atoms with E-state index >= 15 is 0 Å². The van der Waals surface area contributed by atoms with E-state index in [1.165, 1.54) is 18.4 Å². The zero-order valence-electron chi connectivity index (χ0n) is 15.2. The Morgan fingerprint density at radius 1 is 0.923 bits per heavy atom. The third-order valence-corrected chi connectivity index (χ3v) is 5.26. The van der Waals surface area contributed by atoms with Gasteiger partial charge < -0.3 is 4.90 Å². The monoisotopic (exact) mass is 344 g/mol. The molecule has 4 rings (SSSR count). The molecular weight excluding hydrogens is 320 g/mol. The number of carbonyl (C=O) groups excluding carboxylic acids is 1. The van der Waals surface area contributed by atoms with Crippen LogP contribution in [0.5, 0.6) is 0 Å². The Bertz CT molecular complexity index is 940. The van der Waals surface area contributed by atoms with Gasteiger partial charge in [0.25, 0.3) is 5.91 Å². The summed E-state index contributed by atoms with van der Waals surface area (Å²) in [6, 6.07) is 18.2. The Morgan fingerprint density at radius 3 is 2.38 bits per heavy atom. The first-order valence-electron chi connectivity index (χ1n) is 9.49. The summed E-state index contributed by atoms with van der Waals surface area (Å²) in [5.41, 5.74) is 4.79. The number of carbonyl (C=O) groups is 1. The minimum Gasteiger partial charge on any atom is -0.339 e. The van der Waals surface area contributed by atoms with Crippen molar-refractivity contribution in [3.8, 4) is 11.3 Å². The first-order valence-corrected chi connectivity index (χ1v) is 9.49. The second-order valence-corrected chi connectivity index (χ2v) is 7.09. The average molecular weight is 344 g/mol. The predicted octanol–water partition coefficient (Wildman–Crippen LogP) is 5.23. The summed E-state index contributed by atoms with van der Waals surface area (Å²) in [6.45, 7) is 3.80. The van der Waals surface area contributed by atoms with E-state index in [1.54, 1.807) is 0 Å². The van der Waals surface area contributed by atoms with Gasteiger partial charge in [-0.2, -0.15) is 0 Å². The van der Waals surface area contributed by atoms with Gasteiger partial charge in [0, 0.05) is 24.0 Å². The van der Waals surface area contributed by atoms with E-state index in [4.69, 9.17) is 4.98 Å². The average Bonchev–Trinajstić information content (AvgIpc) is 2.96. The molecule has 0 radical (unpaired) electrons. The van der Waals surface area contributed by atoms with Crippen molar-refractivity contribution in [2.75, 3.05) is 13.1 Å². The second-order valence-electron chi connectivity index (χ2n) is 7.09. The van der Waals surface area contributed by atoms with E-state index in [1.807, 2.05) is 47.4 Å². The Hall–Kier alpha value is -2.68. The third kappa shape index (κ3) is 3.22. The number of rotatable bonds is 2. The fraction of sp³-hybridized carbons (Fsp3) is 0.304. The maximum absolute atomic E-state index is 13.3. The number of fused-ring (bicyclic) bond motifs is 1. The van der Waals surface area contributed by atoms with Crippen molar-refractivity contribution in [2.45, 2.75) is 32.6 Å². The van der Waals surface area contributed by atoms with Gasteiger partial charge in [0.15, 0.2) is 0 Å². The van der Waals surface area contributed by atoms with Crippen LogP contribution < -0.4 is 0 Å². The van der Waals surface area contributed by atoms with Crippen molar-refractivity contribution in [1.29, 1.82) is 0 Å². The number of aryl methyl sites for hydroxylation is 1. The van der Waals surface area contributed by atoms with Crippen molar-refractivity contribution >= 4 is 16.8 Å². The Labute approximate surface area is 154 Å². The molecule has 132 valence electrons. The molecule has 1 aliphatic heterocycles. The smallest absolute Gasteiger partial charge is 0.254 e. The lowest BCUT2D eigenvalue weighted by Gasteiger charge is -2.21. The van der Waals surface area contributed by atoms with Gasteiger partial charge in [0.05, 0.1) is 16.8 Å². The molecule has 0 saturated carbocycles. The number of hydrogen-bond acceptors (Lipinski definition) is 2. The highest BCUT2D eigenvalue weighted by Crippen LogP contribution is 2.28. The maximum Gasteiger partial charge on any atom is 0.254 e. The molecule has 1 aromatic heterocycles. The van der Waals surface area contributed by atoms with Crippen molar-refractivity contribution in [2.24, 2.45) is 0 Å². The lowest BCUT2D eigenvalue weighted by Crippen LogP contribution is -2.32. The summed E-state index contributed by atoms with van der Waals surface area (Å²) < 4.78 is 0. The van der Waals surface area contributed by atoms with Crippen LogP contribution in [0.1, 0.15) is 41.6 Å². The molecule has 0 bridgehead atoms. The highest BCUT2D eigenvalue weighted by atomic mass is 16.2. The van der Waals surface area contributed by atoms with Crippen molar-refractivity contribution < 1.29 is 4.79 Å². The van der Waals surface area contributed by atoms with Gasteiger partial charge in [0.2, 0.25) is 0 Å². The van der Waals surface area contributed by atoms with Crippen LogP contribution in [-0.4, -0.2) is 28.9 Å². The van der Waals surface area contributed by atoms with Gasteiger partial charge in [-0.1, -0.05) is 55.3 Å². The summed E-state index contributed by atoms with van der Waals surface area (Å²) in [5, 5.41) is 0.944. The largest absolute Gasteiger partial charge is 0.339 e. The van der Waals surface area contributed by atoms with E-state index in [-0.39, 0.29) is 5.91 Å². The quantitative estimate of drug-likeness (QED) is 0.638. The first kappa shape index (κ1) is 16.8. The standard InChI is InChI=1S/C23H24N2O/c1-17-10-4-5-11-18(17)22-16-20(19-12-6-7-13-21(19)24-22)23(26)25-14-8-2-3-9-15-25/h4-7,10-13,16H,2-3,8-9,14-15H2,1H3. The Kier molecular flexibility index (Phi) is 4.70. The number of likely N-dealkylation sites (tertiary alicyclic amines) is 1. The van der Waals surface area contributed by atoms with Crippen molar-refractivity contribution in [1.82, 2.24) is 9.88 Å². The lowest BCUT2D eigenvalue weighted by atomic mass is 10.0. The highest BCUT2D eigenvalue weighted by molar-refractivity contribution is 6.07.